The number of anilines is 1. The maximum atomic E-state index is 12.7. The molecule has 0 spiro atoms. The summed E-state index contributed by atoms with van der Waals surface area (Å²) in [4.78, 5) is 20.2. The van der Waals surface area contributed by atoms with Crippen LogP contribution in [-0.4, -0.2) is 16.9 Å². The Morgan fingerprint density at radius 2 is 2.05 bits per heavy atom. The van der Waals surface area contributed by atoms with Crippen LogP contribution in [0.3, 0.4) is 0 Å². The van der Waals surface area contributed by atoms with E-state index in [1.165, 1.54) is 6.92 Å². The molecule has 0 radical (unpaired) electrons. The normalized spacial score (nSPS) is 12.8. The van der Waals surface area contributed by atoms with Gasteiger partial charge in [-0.05, 0) is 19.1 Å². The maximum absolute atomic E-state index is 12.7. The summed E-state index contributed by atoms with van der Waals surface area (Å²) in [5, 5.41) is 12.9. The zero-order chi connectivity index (χ0) is 14.8. The second kappa shape index (κ2) is 5.12. The fourth-order valence-corrected chi connectivity index (χ4v) is 1.33. The number of nitrogens with zero attached hydrogens (tertiary/aromatic N) is 1. The standard InChI is InChI=1S/C10H10F3N3O3/c1-5(9(14)17)15-6-2-3-8(16(18)19)7(4-6)10(11,12)13/h2-5,15H,1H3,(H2,14,17). The molecule has 0 fully saturated rings. The highest BCUT2D eigenvalue weighted by molar-refractivity contribution is 5.82. The average molecular weight is 277 g/mol. The Balaban J connectivity index is 3.19. The van der Waals surface area contributed by atoms with Crippen LogP contribution in [0.5, 0.6) is 0 Å². The first-order valence-electron chi connectivity index (χ1n) is 5.04. The number of nitro groups is 1. The van der Waals surface area contributed by atoms with Gasteiger partial charge in [-0.2, -0.15) is 13.2 Å². The number of hydrogen-bond acceptors (Lipinski definition) is 4. The van der Waals surface area contributed by atoms with Gasteiger partial charge in [0.2, 0.25) is 5.91 Å². The van der Waals surface area contributed by atoms with E-state index < -0.39 is 34.3 Å². The van der Waals surface area contributed by atoms with Crippen molar-refractivity contribution in [3.8, 4) is 0 Å². The van der Waals surface area contributed by atoms with Gasteiger partial charge in [0.15, 0.2) is 0 Å². The van der Waals surface area contributed by atoms with Crippen molar-refractivity contribution < 1.29 is 22.9 Å². The van der Waals surface area contributed by atoms with Crippen LogP contribution in [0.4, 0.5) is 24.5 Å². The molecule has 0 saturated heterocycles. The second-order valence-electron chi connectivity index (χ2n) is 3.76. The molecule has 9 heteroatoms. The Morgan fingerprint density at radius 3 is 2.47 bits per heavy atom. The van der Waals surface area contributed by atoms with E-state index in [1.807, 2.05) is 0 Å². The number of amides is 1. The Hall–Kier alpha value is -2.32. The second-order valence-corrected chi connectivity index (χ2v) is 3.76. The van der Waals surface area contributed by atoms with Crippen molar-refractivity contribution in [2.45, 2.75) is 19.1 Å². The third-order valence-electron chi connectivity index (χ3n) is 2.31. The molecule has 1 aromatic rings. The molecule has 1 unspecified atom stereocenters. The van der Waals surface area contributed by atoms with Gasteiger partial charge in [-0.1, -0.05) is 0 Å². The zero-order valence-corrected chi connectivity index (χ0v) is 9.69. The molecule has 104 valence electrons. The van der Waals surface area contributed by atoms with Gasteiger partial charge >= 0.3 is 6.18 Å². The first-order valence-corrected chi connectivity index (χ1v) is 5.04. The van der Waals surface area contributed by atoms with Crippen LogP contribution in [0.1, 0.15) is 12.5 Å². The van der Waals surface area contributed by atoms with Crippen molar-refractivity contribution in [2.75, 3.05) is 5.32 Å². The van der Waals surface area contributed by atoms with Gasteiger partial charge in [0.1, 0.15) is 11.6 Å². The summed E-state index contributed by atoms with van der Waals surface area (Å²) >= 11 is 0. The lowest BCUT2D eigenvalue weighted by atomic mass is 10.1. The van der Waals surface area contributed by atoms with Gasteiger partial charge in [0.05, 0.1) is 4.92 Å². The SMILES string of the molecule is CC(Nc1ccc([N+](=O)[O-])c(C(F)(F)F)c1)C(N)=O. The summed E-state index contributed by atoms with van der Waals surface area (Å²) < 4.78 is 38.0. The van der Waals surface area contributed by atoms with Crippen LogP contribution in [0.25, 0.3) is 0 Å². The molecule has 1 rings (SSSR count). The van der Waals surface area contributed by atoms with E-state index in [9.17, 15) is 28.1 Å². The number of nitrogens with one attached hydrogen (secondary N) is 1. The fraction of sp³-hybridized carbons (Fsp3) is 0.300. The van der Waals surface area contributed by atoms with E-state index >= 15 is 0 Å². The molecule has 19 heavy (non-hydrogen) atoms. The first kappa shape index (κ1) is 14.7. The van der Waals surface area contributed by atoms with E-state index in [2.05, 4.69) is 5.32 Å². The molecule has 1 atom stereocenters. The summed E-state index contributed by atoms with van der Waals surface area (Å²) in [7, 11) is 0. The molecule has 0 heterocycles. The third kappa shape index (κ3) is 3.57. The Kier molecular flexibility index (Phi) is 3.98. The Bertz CT molecular complexity index is 516. The summed E-state index contributed by atoms with van der Waals surface area (Å²) in [5.41, 5.74) is 2.43. The average Bonchev–Trinajstić information content (AvgIpc) is 2.27. The number of hydrogen-bond donors (Lipinski definition) is 2. The Labute approximate surface area is 105 Å². The summed E-state index contributed by atoms with van der Waals surface area (Å²) in [6, 6.07) is 1.46. The summed E-state index contributed by atoms with van der Waals surface area (Å²) in [6.07, 6.45) is -4.87. The number of nitrogens with two attached hydrogens (primary N) is 1. The maximum Gasteiger partial charge on any atom is 0.423 e. The van der Waals surface area contributed by atoms with Crippen molar-refractivity contribution in [1.82, 2.24) is 0 Å². The number of carbonyl (C=O) groups excluding carboxylic acids is 1. The van der Waals surface area contributed by atoms with Crippen molar-refractivity contribution in [3.05, 3.63) is 33.9 Å². The molecule has 0 saturated carbocycles. The molecule has 0 aliphatic heterocycles. The minimum atomic E-state index is -4.87. The molecule has 1 amide bonds. The van der Waals surface area contributed by atoms with Crippen molar-refractivity contribution in [2.24, 2.45) is 5.73 Å². The van der Waals surface area contributed by atoms with Crippen molar-refractivity contribution >= 4 is 17.3 Å². The fourth-order valence-electron chi connectivity index (χ4n) is 1.33. The number of benzene rings is 1. The van der Waals surface area contributed by atoms with Crippen LogP contribution >= 0.6 is 0 Å². The quantitative estimate of drug-likeness (QED) is 0.648. The van der Waals surface area contributed by atoms with Crippen LogP contribution in [0, 0.1) is 10.1 Å². The third-order valence-corrected chi connectivity index (χ3v) is 2.31. The smallest absolute Gasteiger partial charge is 0.374 e. The highest BCUT2D eigenvalue weighted by Crippen LogP contribution is 2.37. The van der Waals surface area contributed by atoms with Crippen LogP contribution in [-0.2, 0) is 11.0 Å². The van der Waals surface area contributed by atoms with Crippen LogP contribution < -0.4 is 11.1 Å². The van der Waals surface area contributed by atoms with E-state index in [4.69, 9.17) is 5.73 Å². The number of carbonyl (C=O) groups is 1. The minimum absolute atomic E-state index is 0.0794. The van der Waals surface area contributed by atoms with Gasteiger partial charge in [-0.25, -0.2) is 0 Å². The molecule has 0 aromatic heterocycles. The van der Waals surface area contributed by atoms with Gasteiger partial charge in [0.25, 0.3) is 5.69 Å². The number of halogens is 3. The van der Waals surface area contributed by atoms with E-state index in [-0.39, 0.29) is 5.69 Å². The zero-order valence-electron chi connectivity index (χ0n) is 9.69. The summed E-state index contributed by atoms with van der Waals surface area (Å²) in [5.74, 6) is -0.757. The summed E-state index contributed by atoms with van der Waals surface area (Å²) in [6.45, 7) is 1.36. The van der Waals surface area contributed by atoms with Crippen LogP contribution in [0.2, 0.25) is 0 Å². The largest absolute Gasteiger partial charge is 0.423 e. The van der Waals surface area contributed by atoms with Crippen LogP contribution in [0.15, 0.2) is 18.2 Å². The number of primary amides is 1. The predicted molar refractivity (Wildman–Crippen MR) is 60.4 cm³/mol. The van der Waals surface area contributed by atoms with E-state index in [0.717, 1.165) is 12.1 Å². The molecule has 0 aliphatic carbocycles. The first-order chi connectivity index (χ1) is 8.62. The Morgan fingerprint density at radius 1 is 1.47 bits per heavy atom. The predicted octanol–water partition coefficient (Wildman–Crippen LogP) is 1.90. The van der Waals surface area contributed by atoms with Crippen molar-refractivity contribution in [3.63, 3.8) is 0 Å². The highest BCUT2D eigenvalue weighted by atomic mass is 19.4. The molecular formula is C10H10F3N3O3. The molecule has 6 nitrogen and oxygen atoms in total. The number of rotatable bonds is 4. The molecule has 3 N–H and O–H groups in total. The van der Waals surface area contributed by atoms with E-state index in [1.54, 1.807) is 0 Å². The monoisotopic (exact) mass is 277 g/mol. The molecule has 0 bridgehead atoms. The topological polar surface area (TPSA) is 98.3 Å². The number of nitro benzene ring substituents is 1. The van der Waals surface area contributed by atoms with Gasteiger partial charge in [-0.15, -0.1) is 0 Å². The highest BCUT2D eigenvalue weighted by Gasteiger charge is 2.38. The molecule has 0 aliphatic rings. The van der Waals surface area contributed by atoms with Crippen molar-refractivity contribution in [1.29, 1.82) is 0 Å². The van der Waals surface area contributed by atoms with E-state index in [0.29, 0.717) is 6.07 Å². The molecular weight excluding hydrogens is 267 g/mol. The number of alkyl halides is 3. The lowest BCUT2D eigenvalue weighted by Gasteiger charge is -2.14. The lowest BCUT2D eigenvalue weighted by Crippen LogP contribution is -2.32. The lowest BCUT2D eigenvalue weighted by molar-refractivity contribution is -0.388. The minimum Gasteiger partial charge on any atom is -0.374 e. The van der Waals surface area contributed by atoms with Gasteiger partial charge < -0.3 is 11.1 Å². The molecule has 1 aromatic carbocycles. The van der Waals surface area contributed by atoms with Gasteiger partial charge in [-0.3, -0.25) is 14.9 Å². The van der Waals surface area contributed by atoms with Gasteiger partial charge in [0, 0.05) is 11.8 Å².